The number of rotatable bonds is 7. The van der Waals surface area contributed by atoms with Gasteiger partial charge in [0.25, 0.3) is 0 Å². The zero-order chi connectivity index (χ0) is 12.6. The largest absolute Gasteiger partial charge is 0.478 e. The normalized spacial score (nSPS) is 16.1. The molecule has 0 unspecified atom stereocenters. The molecule has 0 saturated carbocycles. The van der Waals surface area contributed by atoms with E-state index in [4.69, 9.17) is 4.74 Å². The zero-order valence-electron chi connectivity index (χ0n) is 11.1. The molecule has 2 heterocycles. The van der Waals surface area contributed by atoms with Crippen LogP contribution in [0.15, 0.2) is 18.3 Å². The van der Waals surface area contributed by atoms with Crippen LogP contribution < -0.4 is 4.74 Å². The van der Waals surface area contributed by atoms with Crippen LogP contribution in [0.5, 0.6) is 5.88 Å². The molecule has 4 heteroatoms. The van der Waals surface area contributed by atoms with Crippen molar-refractivity contribution < 1.29 is 4.74 Å². The number of hydrogen-bond acceptors (Lipinski definition) is 4. The topological polar surface area (TPSA) is 25.4 Å². The first-order valence-corrected chi connectivity index (χ1v) is 7.85. The highest BCUT2D eigenvalue weighted by molar-refractivity contribution is 7.99. The molecule has 0 bridgehead atoms. The van der Waals surface area contributed by atoms with Crippen molar-refractivity contribution in [3.8, 4) is 5.88 Å². The molecule has 0 amide bonds. The second-order valence-corrected chi connectivity index (χ2v) is 5.81. The van der Waals surface area contributed by atoms with Crippen molar-refractivity contribution in [3.05, 3.63) is 23.9 Å². The Labute approximate surface area is 114 Å². The van der Waals surface area contributed by atoms with Gasteiger partial charge < -0.3 is 4.74 Å². The smallest absolute Gasteiger partial charge is 0.213 e. The number of aryl methyl sites for hydroxylation is 1. The van der Waals surface area contributed by atoms with Gasteiger partial charge in [-0.25, -0.2) is 4.98 Å². The number of hydrogen-bond donors (Lipinski definition) is 0. The molecule has 1 aliphatic rings. The lowest BCUT2D eigenvalue weighted by atomic mass is 10.2. The summed E-state index contributed by atoms with van der Waals surface area (Å²) in [6, 6.07) is 3.98. The molecular weight excluding hydrogens is 244 g/mol. The third-order valence-electron chi connectivity index (χ3n) is 3.08. The Morgan fingerprint density at radius 1 is 1.33 bits per heavy atom. The molecule has 100 valence electrons. The minimum absolute atomic E-state index is 0.747. The molecule has 0 aromatic carbocycles. The molecule has 1 aromatic rings. The van der Waals surface area contributed by atoms with E-state index < -0.39 is 0 Å². The minimum Gasteiger partial charge on any atom is -0.478 e. The highest BCUT2D eigenvalue weighted by Gasteiger charge is 2.10. The summed E-state index contributed by atoms with van der Waals surface area (Å²) in [7, 11) is 0. The van der Waals surface area contributed by atoms with Crippen molar-refractivity contribution in [1.82, 2.24) is 9.88 Å². The Morgan fingerprint density at radius 2 is 2.28 bits per heavy atom. The summed E-state index contributed by atoms with van der Waals surface area (Å²) in [6.07, 6.45) is 5.50. The molecule has 1 aromatic heterocycles. The maximum Gasteiger partial charge on any atom is 0.213 e. The zero-order valence-corrected chi connectivity index (χ0v) is 11.9. The Bertz CT molecular complexity index is 336. The lowest BCUT2D eigenvalue weighted by molar-refractivity contribution is 0.285. The van der Waals surface area contributed by atoms with Gasteiger partial charge in [-0.3, -0.25) is 4.90 Å². The molecule has 0 aliphatic carbocycles. The summed E-state index contributed by atoms with van der Waals surface area (Å²) in [6.45, 7) is 5.34. The van der Waals surface area contributed by atoms with Crippen molar-refractivity contribution in [2.45, 2.75) is 26.2 Å². The van der Waals surface area contributed by atoms with Gasteiger partial charge in [0, 0.05) is 30.4 Å². The third-order valence-corrected chi connectivity index (χ3v) is 4.10. The third kappa shape index (κ3) is 4.86. The standard InChI is InChI=1S/C14H22N2OS/c1-13-5-6-14(15-11-13)17-9-4-2-3-7-16-8-10-18-12-16/h5-6,11H,2-4,7-10,12H2,1H3. The molecule has 0 atom stereocenters. The number of pyridine rings is 1. The van der Waals surface area contributed by atoms with E-state index in [1.54, 1.807) is 0 Å². The van der Waals surface area contributed by atoms with Crippen molar-refractivity contribution in [1.29, 1.82) is 0 Å². The van der Waals surface area contributed by atoms with Crippen molar-refractivity contribution in [3.63, 3.8) is 0 Å². The fourth-order valence-corrected chi connectivity index (χ4v) is 2.99. The monoisotopic (exact) mass is 266 g/mol. The lowest BCUT2D eigenvalue weighted by Crippen LogP contribution is -2.20. The predicted octanol–water partition coefficient (Wildman–Crippen LogP) is 2.95. The first-order valence-electron chi connectivity index (χ1n) is 6.70. The average molecular weight is 266 g/mol. The molecule has 1 saturated heterocycles. The Hall–Kier alpha value is -0.740. The fourth-order valence-electron chi connectivity index (χ4n) is 1.96. The van der Waals surface area contributed by atoms with Gasteiger partial charge >= 0.3 is 0 Å². The van der Waals surface area contributed by atoms with Gasteiger partial charge in [-0.15, -0.1) is 11.8 Å². The van der Waals surface area contributed by atoms with Crippen LogP contribution in [-0.4, -0.2) is 41.2 Å². The van der Waals surface area contributed by atoms with Crippen molar-refractivity contribution >= 4 is 11.8 Å². The predicted molar refractivity (Wildman–Crippen MR) is 77.2 cm³/mol. The first kappa shape index (κ1) is 13.7. The van der Waals surface area contributed by atoms with Gasteiger partial charge in [-0.05, 0) is 38.3 Å². The molecular formula is C14H22N2OS. The summed E-state index contributed by atoms with van der Waals surface area (Å²) >= 11 is 2.04. The molecule has 2 rings (SSSR count). The van der Waals surface area contributed by atoms with Gasteiger partial charge in [0.15, 0.2) is 0 Å². The molecule has 0 N–H and O–H groups in total. The van der Waals surface area contributed by atoms with Crippen LogP contribution in [0.1, 0.15) is 24.8 Å². The SMILES string of the molecule is Cc1ccc(OCCCCCN2CCSC2)nc1. The fraction of sp³-hybridized carbons (Fsp3) is 0.643. The maximum absolute atomic E-state index is 5.60. The van der Waals surface area contributed by atoms with Crippen LogP contribution in [-0.2, 0) is 0 Å². The molecule has 3 nitrogen and oxygen atoms in total. The average Bonchev–Trinajstić information content (AvgIpc) is 2.89. The quantitative estimate of drug-likeness (QED) is 0.709. The maximum atomic E-state index is 5.60. The van der Waals surface area contributed by atoms with E-state index in [1.165, 1.54) is 43.1 Å². The van der Waals surface area contributed by atoms with E-state index >= 15 is 0 Å². The summed E-state index contributed by atoms with van der Waals surface area (Å²) in [5.74, 6) is 3.28. The molecule has 0 spiro atoms. The Morgan fingerprint density at radius 3 is 3.00 bits per heavy atom. The van der Waals surface area contributed by atoms with Crippen LogP contribution in [0.25, 0.3) is 0 Å². The first-order chi connectivity index (χ1) is 8.84. The van der Waals surface area contributed by atoms with E-state index in [1.807, 2.05) is 37.0 Å². The molecule has 1 fully saturated rings. The molecule has 18 heavy (non-hydrogen) atoms. The lowest BCUT2D eigenvalue weighted by Gasteiger charge is -2.12. The summed E-state index contributed by atoms with van der Waals surface area (Å²) in [5.41, 5.74) is 1.17. The van der Waals surface area contributed by atoms with Crippen LogP contribution in [0.4, 0.5) is 0 Å². The van der Waals surface area contributed by atoms with E-state index in [-0.39, 0.29) is 0 Å². The number of ether oxygens (including phenoxy) is 1. The van der Waals surface area contributed by atoms with Crippen LogP contribution in [0.2, 0.25) is 0 Å². The van der Waals surface area contributed by atoms with E-state index in [0.29, 0.717) is 0 Å². The summed E-state index contributed by atoms with van der Waals surface area (Å²) < 4.78 is 5.60. The molecule has 0 radical (unpaired) electrons. The van der Waals surface area contributed by atoms with Crippen LogP contribution in [0.3, 0.4) is 0 Å². The highest BCUT2D eigenvalue weighted by atomic mass is 32.2. The van der Waals surface area contributed by atoms with Gasteiger partial charge in [0.1, 0.15) is 0 Å². The summed E-state index contributed by atoms with van der Waals surface area (Å²) in [5, 5.41) is 0. The molecule has 1 aliphatic heterocycles. The number of nitrogens with zero attached hydrogens (tertiary/aromatic N) is 2. The van der Waals surface area contributed by atoms with Gasteiger partial charge in [0.2, 0.25) is 5.88 Å². The van der Waals surface area contributed by atoms with Crippen LogP contribution in [0, 0.1) is 6.92 Å². The van der Waals surface area contributed by atoms with Crippen molar-refractivity contribution in [2.75, 3.05) is 31.3 Å². The van der Waals surface area contributed by atoms with Gasteiger partial charge in [-0.1, -0.05) is 6.07 Å². The van der Waals surface area contributed by atoms with E-state index in [0.717, 1.165) is 18.9 Å². The van der Waals surface area contributed by atoms with E-state index in [9.17, 15) is 0 Å². The Balaban J connectivity index is 1.49. The minimum atomic E-state index is 0.747. The van der Waals surface area contributed by atoms with Crippen LogP contribution >= 0.6 is 11.8 Å². The number of aromatic nitrogens is 1. The highest BCUT2D eigenvalue weighted by Crippen LogP contribution is 2.14. The second-order valence-electron chi connectivity index (χ2n) is 4.74. The summed E-state index contributed by atoms with van der Waals surface area (Å²) in [4.78, 5) is 6.76. The second kappa shape index (κ2) is 7.64. The van der Waals surface area contributed by atoms with Gasteiger partial charge in [-0.2, -0.15) is 0 Å². The van der Waals surface area contributed by atoms with Crippen molar-refractivity contribution in [2.24, 2.45) is 0 Å². The number of thioether (sulfide) groups is 1. The number of unbranched alkanes of at least 4 members (excludes halogenated alkanes) is 2. The van der Waals surface area contributed by atoms with E-state index in [2.05, 4.69) is 9.88 Å². The van der Waals surface area contributed by atoms with Gasteiger partial charge in [0.05, 0.1) is 6.61 Å². The Kier molecular flexibility index (Phi) is 5.81.